The molecule has 1 aliphatic heterocycles. The van der Waals surface area contributed by atoms with Crippen LogP contribution in [-0.4, -0.2) is 32.0 Å². The summed E-state index contributed by atoms with van der Waals surface area (Å²) in [4.78, 5) is 1.31. The first-order chi connectivity index (χ1) is 7.40. The van der Waals surface area contributed by atoms with Crippen LogP contribution >= 0.6 is 11.3 Å². The molecule has 0 spiro atoms. The Morgan fingerprint density at radius 1 is 1.60 bits per heavy atom. The molecular weight excluding hydrogens is 212 g/mol. The molecule has 0 saturated carbocycles. The fourth-order valence-corrected chi connectivity index (χ4v) is 2.45. The highest BCUT2D eigenvalue weighted by atomic mass is 32.1. The highest BCUT2D eigenvalue weighted by Crippen LogP contribution is 2.15. The molecule has 1 aromatic heterocycles. The lowest BCUT2D eigenvalue weighted by Gasteiger charge is -2.29. The lowest BCUT2D eigenvalue weighted by atomic mass is 10.1. The number of nitrogens with one attached hydrogen (secondary N) is 1. The van der Waals surface area contributed by atoms with Crippen molar-refractivity contribution in [3.8, 4) is 0 Å². The molecule has 2 unspecified atom stereocenters. The van der Waals surface area contributed by atoms with Gasteiger partial charge in [-0.1, -0.05) is 6.07 Å². The van der Waals surface area contributed by atoms with Crippen LogP contribution in [0.25, 0.3) is 0 Å². The second-order valence-electron chi connectivity index (χ2n) is 3.54. The third-order valence-corrected chi connectivity index (χ3v) is 3.40. The average Bonchev–Trinajstić information content (AvgIpc) is 2.80. The van der Waals surface area contributed by atoms with Crippen LogP contribution in [0.5, 0.6) is 0 Å². The number of hydrogen-bond acceptors (Lipinski definition) is 5. The molecule has 2 heterocycles. The fourth-order valence-electron chi connectivity index (χ4n) is 1.68. The van der Waals surface area contributed by atoms with E-state index in [0.717, 1.165) is 6.42 Å². The highest BCUT2D eigenvalue weighted by Gasteiger charge is 2.24. The molecule has 0 bridgehead atoms. The van der Waals surface area contributed by atoms with Crippen LogP contribution in [0.1, 0.15) is 4.88 Å². The van der Waals surface area contributed by atoms with Gasteiger partial charge in [0, 0.05) is 11.3 Å². The van der Waals surface area contributed by atoms with Crippen molar-refractivity contribution < 1.29 is 9.47 Å². The first-order valence-electron chi connectivity index (χ1n) is 5.08. The summed E-state index contributed by atoms with van der Waals surface area (Å²) in [6, 6.07) is 4.29. The molecule has 2 atom stereocenters. The second kappa shape index (κ2) is 5.58. The Morgan fingerprint density at radius 2 is 2.53 bits per heavy atom. The molecule has 0 aromatic carbocycles. The van der Waals surface area contributed by atoms with Crippen molar-refractivity contribution >= 4 is 11.3 Å². The van der Waals surface area contributed by atoms with E-state index in [4.69, 9.17) is 15.3 Å². The number of hydrazine groups is 1. The van der Waals surface area contributed by atoms with Gasteiger partial charge >= 0.3 is 0 Å². The summed E-state index contributed by atoms with van der Waals surface area (Å²) >= 11 is 1.74. The minimum Gasteiger partial charge on any atom is -0.376 e. The molecule has 3 N–H and O–H groups in total. The monoisotopic (exact) mass is 228 g/mol. The molecule has 0 aliphatic carbocycles. The minimum atomic E-state index is 0.0610. The van der Waals surface area contributed by atoms with Gasteiger partial charge in [0.25, 0.3) is 0 Å². The van der Waals surface area contributed by atoms with Crippen LogP contribution in [0.2, 0.25) is 0 Å². The van der Waals surface area contributed by atoms with Gasteiger partial charge in [-0.25, -0.2) is 0 Å². The van der Waals surface area contributed by atoms with E-state index in [0.29, 0.717) is 19.8 Å². The number of hydrogen-bond donors (Lipinski definition) is 2. The van der Waals surface area contributed by atoms with Crippen molar-refractivity contribution in [2.24, 2.45) is 5.84 Å². The minimum absolute atomic E-state index is 0.0610. The van der Waals surface area contributed by atoms with E-state index >= 15 is 0 Å². The van der Waals surface area contributed by atoms with Crippen LogP contribution < -0.4 is 11.3 Å². The normalized spacial score (nSPS) is 23.9. The molecular formula is C10H16N2O2S. The molecule has 1 fully saturated rings. The zero-order chi connectivity index (χ0) is 10.5. The van der Waals surface area contributed by atoms with Gasteiger partial charge in [-0.2, -0.15) is 0 Å². The summed E-state index contributed by atoms with van der Waals surface area (Å²) < 4.78 is 11.0. The van der Waals surface area contributed by atoms with Crippen molar-refractivity contribution in [2.45, 2.75) is 18.6 Å². The topological polar surface area (TPSA) is 56.5 Å². The number of nitrogens with two attached hydrogens (primary N) is 1. The molecule has 5 heteroatoms. The highest BCUT2D eigenvalue weighted by molar-refractivity contribution is 7.09. The van der Waals surface area contributed by atoms with Crippen molar-refractivity contribution in [2.75, 3.05) is 19.8 Å². The van der Waals surface area contributed by atoms with Gasteiger partial charge in [-0.15, -0.1) is 11.3 Å². The summed E-state index contributed by atoms with van der Waals surface area (Å²) in [5.74, 6) is 5.54. The van der Waals surface area contributed by atoms with Gasteiger partial charge < -0.3 is 9.47 Å². The molecule has 1 aliphatic rings. The lowest BCUT2D eigenvalue weighted by Crippen LogP contribution is -2.50. The SMILES string of the molecule is NNC(Cc1cccs1)C1COCCO1. The Bertz CT molecular complexity index is 273. The first-order valence-corrected chi connectivity index (χ1v) is 5.96. The van der Waals surface area contributed by atoms with Crippen molar-refractivity contribution in [1.82, 2.24) is 5.43 Å². The molecule has 4 nitrogen and oxygen atoms in total. The average molecular weight is 228 g/mol. The lowest BCUT2D eigenvalue weighted by molar-refractivity contribution is -0.101. The molecule has 15 heavy (non-hydrogen) atoms. The molecule has 2 rings (SSSR count). The zero-order valence-corrected chi connectivity index (χ0v) is 9.33. The third kappa shape index (κ3) is 2.99. The summed E-state index contributed by atoms with van der Waals surface area (Å²) in [5.41, 5.74) is 2.81. The Morgan fingerprint density at radius 3 is 3.13 bits per heavy atom. The summed E-state index contributed by atoms with van der Waals surface area (Å²) in [5, 5.41) is 2.07. The standard InChI is InChI=1S/C10H16N2O2S/c11-12-9(6-8-2-1-5-15-8)10-7-13-3-4-14-10/h1-2,5,9-10,12H,3-4,6-7,11H2. The largest absolute Gasteiger partial charge is 0.376 e. The van der Waals surface area contributed by atoms with E-state index in [2.05, 4.69) is 16.9 Å². The Hall–Kier alpha value is -0.460. The molecule has 84 valence electrons. The maximum Gasteiger partial charge on any atom is 0.0979 e. The molecule has 0 amide bonds. The van der Waals surface area contributed by atoms with Crippen LogP contribution in [0.15, 0.2) is 17.5 Å². The van der Waals surface area contributed by atoms with E-state index in [1.807, 2.05) is 6.07 Å². The summed E-state index contributed by atoms with van der Waals surface area (Å²) in [7, 11) is 0. The predicted molar refractivity (Wildman–Crippen MR) is 59.7 cm³/mol. The third-order valence-electron chi connectivity index (χ3n) is 2.51. The first kappa shape index (κ1) is 11.0. The number of ether oxygens (including phenoxy) is 2. The zero-order valence-electron chi connectivity index (χ0n) is 8.52. The summed E-state index contributed by atoms with van der Waals surface area (Å²) in [6.45, 7) is 1.97. The molecule has 1 saturated heterocycles. The smallest absolute Gasteiger partial charge is 0.0979 e. The van der Waals surface area contributed by atoms with E-state index in [1.165, 1.54) is 4.88 Å². The maximum atomic E-state index is 5.62. The Kier molecular flexibility index (Phi) is 4.10. The van der Waals surface area contributed by atoms with Gasteiger partial charge in [-0.05, 0) is 11.4 Å². The van der Waals surface area contributed by atoms with Crippen molar-refractivity contribution in [1.29, 1.82) is 0 Å². The maximum absolute atomic E-state index is 5.62. The van der Waals surface area contributed by atoms with Gasteiger partial charge in [0.05, 0.1) is 32.0 Å². The van der Waals surface area contributed by atoms with Crippen molar-refractivity contribution in [3.63, 3.8) is 0 Å². The van der Waals surface area contributed by atoms with Crippen LogP contribution in [0.3, 0.4) is 0 Å². The molecule has 0 radical (unpaired) electrons. The quantitative estimate of drug-likeness (QED) is 0.583. The van der Waals surface area contributed by atoms with E-state index in [9.17, 15) is 0 Å². The number of thiophene rings is 1. The Labute approximate surface area is 93.3 Å². The van der Waals surface area contributed by atoms with Gasteiger partial charge in [0.2, 0.25) is 0 Å². The van der Waals surface area contributed by atoms with Gasteiger partial charge in [0.1, 0.15) is 0 Å². The van der Waals surface area contributed by atoms with Crippen molar-refractivity contribution in [3.05, 3.63) is 22.4 Å². The second-order valence-corrected chi connectivity index (χ2v) is 4.57. The molecule has 1 aromatic rings. The van der Waals surface area contributed by atoms with E-state index in [-0.39, 0.29) is 12.1 Å². The van der Waals surface area contributed by atoms with Gasteiger partial charge in [0.15, 0.2) is 0 Å². The van der Waals surface area contributed by atoms with E-state index < -0.39 is 0 Å². The van der Waals surface area contributed by atoms with E-state index in [1.54, 1.807) is 11.3 Å². The van der Waals surface area contributed by atoms with Crippen LogP contribution in [0.4, 0.5) is 0 Å². The predicted octanol–water partition coefficient (Wildman–Crippen LogP) is 0.538. The number of rotatable bonds is 4. The summed E-state index contributed by atoms with van der Waals surface area (Å²) in [6.07, 6.45) is 0.952. The van der Waals surface area contributed by atoms with Gasteiger partial charge in [-0.3, -0.25) is 11.3 Å². The van der Waals surface area contributed by atoms with Crippen LogP contribution in [-0.2, 0) is 15.9 Å². The van der Waals surface area contributed by atoms with Crippen LogP contribution in [0, 0.1) is 0 Å². The Balaban J connectivity index is 1.91. The fraction of sp³-hybridized carbons (Fsp3) is 0.600.